The van der Waals surface area contributed by atoms with E-state index in [0.29, 0.717) is 13.1 Å². The van der Waals surface area contributed by atoms with Gasteiger partial charge in [-0.25, -0.2) is 18.1 Å². The maximum atomic E-state index is 11.0. The lowest BCUT2D eigenvalue weighted by atomic mass is 10.1. The zero-order valence-corrected chi connectivity index (χ0v) is 13.0. The average Bonchev–Trinajstić information content (AvgIpc) is 2.96. The van der Waals surface area contributed by atoms with E-state index in [1.165, 1.54) is 0 Å². The third kappa shape index (κ3) is 4.96. The van der Waals surface area contributed by atoms with E-state index in [4.69, 9.17) is 0 Å². The first-order chi connectivity index (χ1) is 9.96. The van der Waals surface area contributed by atoms with Gasteiger partial charge in [-0.2, -0.15) is 0 Å². The van der Waals surface area contributed by atoms with Crippen molar-refractivity contribution in [3.63, 3.8) is 0 Å². The monoisotopic (exact) mass is 308 g/mol. The van der Waals surface area contributed by atoms with Crippen molar-refractivity contribution in [3.05, 3.63) is 48.5 Å². The molecule has 7 heteroatoms. The molecular weight excluding hydrogens is 288 g/mol. The van der Waals surface area contributed by atoms with E-state index in [1.54, 1.807) is 12.5 Å². The van der Waals surface area contributed by atoms with Crippen LogP contribution >= 0.6 is 0 Å². The van der Waals surface area contributed by atoms with E-state index in [9.17, 15) is 8.42 Å². The van der Waals surface area contributed by atoms with Crippen LogP contribution in [0.5, 0.6) is 0 Å². The van der Waals surface area contributed by atoms with Gasteiger partial charge in [-0.15, -0.1) is 0 Å². The van der Waals surface area contributed by atoms with Crippen LogP contribution < -0.4 is 10.0 Å². The lowest BCUT2D eigenvalue weighted by Crippen LogP contribution is -2.32. The van der Waals surface area contributed by atoms with Crippen molar-refractivity contribution in [1.29, 1.82) is 0 Å². The van der Waals surface area contributed by atoms with Gasteiger partial charge >= 0.3 is 0 Å². The van der Waals surface area contributed by atoms with Gasteiger partial charge in [0.25, 0.3) is 0 Å². The fourth-order valence-electron chi connectivity index (χ4n) is 2.01. The normalized spacial score (nSPS) is 13.2. The summed E-state index contributed by atoms with van der Waals surface area (Å²) in [6.07, 6.45) is 6.55. The molecule has 1 atom stereocenters. The van der Waals surface area contributed by atoms with E-state index in [-0.39, 0.29) is 6.04 Å². The fourth-order valence-corrected chi connectivity index (χ4v) is 2.48. The second-order valence-corrected chi connectivity index (χ2v) is 6.74. The Morgan fingerprint density at radius 2 is 2.14 bits per heavy atom. The summed E-state index contributed by atoms with van der Waals surface area (Å²) in [4.78, 5) is 4.04. The van der Waals surface area contributed by atoms with Crippen molar-refractivity contribution in [2.75, 3.05) is 19.3 Å². The summed E-state index contributed by atoms with van der Waals surface area (Å²) in [6, 6.07) is 8.28. The summed E-state index contributed by atoms with van der Waals surface area (Å²) in [5.74, 6) is 0. The first-order valence-electron chi connectivity index (χ1n) is 6.72. The van der Waals surface area contributed by atoms with Crippen LogP contribution in [0.3, 0.4) is 0 Å². The van der Waals surface area contributed by atoms with Gasteiger partial charge in [0, 0.05) is 37.2 Å². The number of imidazole rings is 1. The van der Waals surface area contributed by atoms with Crippen molar-refractivity contribution < 1.29 is 8.42 Å². The Bertz CT molecular complexity index is 668. The maximum absolute atomic E-state index is 11.0. The summed E-state index contributed by atoms with van der Waals surface area (Å²) in [6.45, 7) is 3.00. The van der Waals surface area contributed by atoms with E-state index >= 15 is 0 Å². The minimum atomic E-state index is -3.12. The third-order valence-electron chi connectivity index (χ3n) is 3.11. The molecule has 0 aliphatic rings. The summed E-state index contributed by atoms with van der Waals surface area (Å²) in [7, 11) is -3.12. The Labute approximate surface area is 125 Å². The van der Waals surface area contributed by atoms with Gasteiger partial charge < -0.3 is 9.88 Å². The SMILES string of the molecule is C[C@@H](NCCNS(C)(=O)=O)c1cccc(-n2ccnc2)c1. The van der Waals surface area contributed by atoms with Crippen LogP contribution in [-0.2, 0) is 10.0 Å². The molecule has 0 unspecified atom stereocenters. The van der Waals surface area contributed by atoms with E-state index in [2.05, 4.69) is 21.1 Å². The van der Waals surface area contributed by atoms with Crippen LogP contribution in [-0.4, -0.2) is 37.3 Å². The molecular formula is C14H20N4O2S. The molecule has 0 aliphatic heterocycles. The molecule has 114 valence electrons. The molecule has 0 aliphatic carbocycles. The van der Waals surface area contributed by atoms with Crippen LogP contribution in [0, 0.1) is 0 Å². The molecule has 2 aromatic rings. The summed E-state index contributed by atoms with van der Waals surface area (Å²) in [5.41, 5.74) is 2.19. The number of rotatable bonds is 7. The van der Waals surface area contributed by atoms with Crippen LogP contribution in [0.15, 0.2) is 43.0 Å². The number of aromatic nitrogens is 2. The van der Waals surface area contributed by atoms with Crippen molar-refractivity contribution in [3.8, 4) is 5.69 Å². The Morgan fingerprint density at radius 3 is 2.81 bits per heavy atom. The third-order valence-corrected chi connectivity index (χ3v) is 3.84. The number of hydrogen-bond donors (Lipinski definition) is 2. The van der Waals surface area contributed by atoms with Gasteiger partial charge in [0.1, 0.15) is 0 Å². The maximum Gasteiger partial charge on any atom is 0.208 e. The average molecular weight is 308 g/mol. The molecule has 2 rings (SSSR count). The van der Waals surface area contributed by atoms with Crippen molar-refractivity contribution in [1.82, 2.24) is 19.6 Å². The summed E-state index contributed by atoms with van der Waals surface area (Å²) < 4.78 is 26.4. The molecule has 21 heavy (non-hydrogen) atoms. The van der Waals surface area contributed by atoms with Gasteiger partial charge in [-0.3, -0.25) is 0 Å². The second kappa shape index (κ2) is 6.84. The molecule has 0 spiro atoms. The van der Waals surface area contributed by atoms with Crippen molar-refractivity contribution in [2.45, 2.75) is 13.0 Å². The first-order valence-corrected chi connectivity index (χ1v) is 8.61. The Morgan fingerprint density at radius 1 is 1.33 bits per heavy atom. The molecule has 0 amide bonds. The standard InChI is InChI=1S/C14H20N4O2S/c1-12(16-6-7-17-21(2,19)20)13-4-3-5-14(10-13)18-9-8-15-11-18/h3-5,8-12,16-17H,6-7H2,1-2H3/t12-/m1/s1. The fraction of sp³-hybridized carbons (Fsp3) is 0.357. The lowest BCUT2D eigenvalue weighted by molar-refractivity contribution is 0.556. The van der Waals surface area contributed by atoms with E-state index in [0.717, 1.165) is 17.5 Å². The second-order valence-electron chi connectivity index (χ2n) is 4.91. The van der Waals surface area contributed by atoms with Crippen molar-refractivity contribution in [2.24, 2.45) is 0 Å². The molecule has 1 heterocycles. The van der Waals surface area contributed by atoms with Gasteiger partial charge in [0.2, 0.25) is 10.0 Å². The molecule has 0 saturated heterocycles. The first kappa shape index (κ1) is 15.7. The predicted molar refractivity (Wildman–Crippen MR) is 82.8 cm³/mol. The van der Waals surface area contributed by atoms with Gasteiger partial charge in [0.15, 0.2) is 0 Å². The molecule has 0 fully saturated rings. The summed E-state index contributed by atoms with van der Waals surface area (Å²) in [5, 5.41) is 3.29. The molecule has 0 saturated carbocycles. The highest BCUT2D eigenvalue weighted by Crippen LogP contribution is 2.16. The van der Waals surface area contributed by atoms with E-state index < -0.39 is 10.0 Å². The zero-order chi connectivity index (χ0) is 15.3. The van der Waals surface area contributed by atoms with Crippen LogP contribution in [0.2, 0.25) is 0 Å². The number of sulfonamides is 1. The topological polar surface area (TPSA) is 76.0 Å². The zero-order valence-electron chi connectivity index (χ0n) is 12.2. The largest absolute Gasteiger partial charge is 0.309 e. The number of hydrogen-bond acceptors (Lipinski definition) is 4. The molecule has 0 bridgehead atoms. The highest BCUT2D eigenvalue weighted by Gasteiger charge is 2.06. The van der Waals surface area contributed by atoms with Gasteiger partial charge in [0.05, 0.1) is 12.6 Å². The molecule has 1 aromatic carbocycles. The predicted octanol–water partition coefficient (Wildman–Crippen LogP) is 1.07. The number of nitrogens with one attached hydrogen (secondary N) is 2. The highest BCUT2D eigenvalue weighted by molar-refractivity contribution is 7.88. The van der Waals surface area contributed by atoms with Gasteiger partial charge in [-0.1, -0.05) is 12.1 Å². The smallest absolute Gasteiger partial charge is 0.208 e. The van der Waals surface area contributed by atoms with Gasteiger partial charge in [-0.05, 0) is 24.6 Å². The van der Waals surface area contributed by atoms with Crippen molar-refractivity contribution >= 4 is 10.0 Å². The molecule has 1 aromatic heterocycles. The highest BCUT2D eigenvalue weighted by atomic mass is 32.2. The van der Waals surface area contributed by atoms with Crippen LogP contribution in [0.1, 0.15) is 18.5 Å². The molecule has 6 nitrogen and oxygen atoms in total. The summed E-state index contributed by atoms with van der Waals surface area (Å²) >= 11 is 0. The van der Waals surface area contributed by atoms with Crippen LogP contribution in [0.4, 0.5) is 0 Å². The van der Waals surface area contributed by atoms with Crippen LogP contribution in [0.25, 0.3) is 5.69 Å². The number of benzene rings is 1. The van der Waals surface area contributed by atoms with E-state index in [1.807, 2.05) is 35.9 Å². The Balaban J connectivity index is 1.93. The lowest BCUT2D eigenvalue weighted by Gasteiger charge is -2.15. The molecule has 2 N–H and O–H groups in total. The minimum absolute atomic E-state index is 0.134. The Kier molecular flexibility index (Phi) is 5.11. The quantitative estimate of drug-likeness (QED) is 0.750. The Hall–Kier alpha value is -1.70. The molecule has 0 radical (unpaired) electrons. The minimum Gasteiger partial charge on any atom is -0.309 e. The number of nitrogens with zero attached hydrogens (tertiary/aromatic N) is 2.